The van der Waals surface area contributed by atoms with Crippen molar-refractivity contribution in [1.29, 1.82) is 0 Å². The van der Waals surface area contributed by atoms with Crippen molar-refractivity contribution in [2.24, 2.45) is 0 Å². The van der Waals surface area contributed by atoms with Gasteiger partial charge in [0, 0.05) is 19.5 Å². The Labute approximate surface area is 144 Å². The highest BCUT2D eigenvalue weighted by atomic mass is 32.2. The summed E-state index contributed by atoms with van der Waals surface area (Å²) in [7, 11) is 0. The number of amides is 3. The Bertz CT molecular complexity index is 658. The molecule has 24 heavy (non-hydrogen) atoms. The number of benzene rings is 1. The average Bonchev–Trinajstić information content (AvgIpc) is 2.82. The monoisotopic (exact) mass is 350 g/mol. The zero-order chi connectivity index (χ0) is 17.5. The third kappa shape index (κ3) is 4.92. The van der Waals surface area contributed by atoms with Gasteiger partial charge >= 0.3 is 0 Å². The average molecular weight is 350 g/mol. The van der Waals surface area contributed by atoms with E-state index in [1.807, 2.05) is 6.92 Å². The van der Waals surface area contributed by atoms with Crippen LogP contribution in [0.2, 0.25) is 0 Å². The molecule has 0 aliphatic carbocycles. The predicted molar refractivity (Wildman–Crippen MR) is 91.6 cm³/mol. The normalized spacial score (nSPS) is 16.1. The molecule has 0 aromatic heterocycles. The van der Waals surface area contributed by atoms with Crippen LogP contribution in [0.15, 0.2) is 29.2 Å². The van der Waals surface area contributed by atoms with Gasteiger partial charge in [0.05, 0.1) is 4.91 Å². The smallest absolute Gasteiger partial charge is 0.293 e. The first-order valence-corrected chi connectivity index (χ1v) is 8.60. The van der Waals surface area contributed by atoms with E-state index < -0.39 is 5.91 Å². The second-order valence-corrected chi connectivity index (χ2v) is 6.33. The number of thioether (sulfide) groups is 1. The number of imide groups is 1. The molecule has 5 nitrogen and oxygen atoms in total. The topological polar surface area (TPSA) is 66.5 Å². The van der Waals surface area contributed by atoms with E-state index in [0.29, 0.717) is 16.9 Å². The van der Waals surface area contributed by atoms with Crippen LogP contribution >= 0.6 is 11.8 Å². The molecule has 2 rings (SSSR count). The minimum Gasteiger partial charge on any atom is -0.354 e. The molecule has 7 heteroatoms. The first-order chi connectivity index (χ1) is 11.5. The Balaban J connectivity index is 1.91. The van der Waals surface area contributed by atoms with Crippen LogP contribution in [0.1, 0.15) is 31.7 Å². The second-order valence-electron chi connectivity index (χ2n) is 5.34. The fraction of sp³-hybridized carbons (Fsp3) is 0.353. The molecular weight excluding hydrogens is 331 g/mol. The molecule has 1 N–H and O–H groups in total. The van der Waals surface area contributed by atoms with Crippen LogP contribution < -0.4 is 5.32 Å². The van der Waals surface area contributed by atoms with Gasteiger partial charge in [-0.25, -0.2) is 4.39 Å². The summed E-state index contributed by atoms with van der Waals surface area (Å²) in [6.45, 7) is 2.38. The fourth-order valence-electron chi connectivity index (χ4n) is 2.14. The van der Waals surface area contributed by atoms with Crippen LogP contribution in [0.4, 0.5) is 9.18 Å². The quantitative estimate of drug-likeness (QED) is 0.767. The molecule has 1 heterocycles. The van der Waals surface area contributed by atoms with E-state index in [0.717, 1.165) is 29.5 Å². The Kier molecular flexibility index (Phi) is 6.54. The number of nitrogens with one attached hydrogen (secondary N) is 1. The van der Waals surface area contributed by atoms with Crippen molar-refractivity contribution in [2.75, 3.05) is 13.1 Å². The van der Waals surface area contributed by atoms with E-state index in [9.17, 15) is 18.8 Å². The molecule has 1 aliphatic rings. The van der Waals surface area contributed by atoms with E-state index in [4.69, 9.17) is 0 Å². The molecule has 0 atom stereocenters. The van der Waals surface area contributed by atoms with Crippen molar-refractivity contribution < 1.29 is 18.8 Å². The molecule has 1 saturated heterocycles. The van der Waals surface area contributed by atoms with E-state index in [1.165, 1.54) is 24.3 Å². The Morgan fingerprint density at radius 3 is 2.67 bits per heavy atom. The number of carbonyl (C=O) groups excluding carboxylic acids is 3. The van der Waals surface area contributed by atoms with Crippen molar-refractivity contribution in [1.82, 2.24) is 10.2 Å². The molecule has 1 fully saturated rings. The molecule has 128 valence electrons. The first-order valence-electron chi connectivity index (χ1n) is 7.79. The molecule has 1 aromatic rings. The minimum absolute atomic E-state index is 0.0781. The van der Waals surface area contributed by atoms with Crippen molar-refractivity contribution >= 4 is 34.9 Å². The number of unbranched alkanes of at least 4 members (excludes halogenated alkanes) is 1. The lowest BCUT2D eigenvalue weighted by Crippen LogP contribution is -2.37. The Morgan fingerprint density at radius 2 is 2.00 bits per heavy atom. The van der Waals surface area contributed by atoms with Gasteiger partial charge in [0.25, 0.3) is 11.1 Å². The van der Waals surface area contributed by atoms with Crippen LogP contribution in [0.25, 0.3) is 6.08 Å². The maximum atomic E-state index is 12.9. The number of nitrogens with zero attached hydrogens (tertiary/aromatic N) is 1. The van der Waals surface area contributed by atoms with Gasteiger partial charge in [-0.1, -0.05) is 25.5 Å². The maximum Gasteiger partial charge on any atom is 0.293 e. The molecule has 1 aromatic carbocycles. The molecule has 0 spiro atoms. The summed E-state index contributed by atoms with van der Waals surface area (Å²) in [5.41, 5.74) is 0.648. The van der Waals surface area contributed by atoms with Gasteiger partial charge in [0.2, 0.25) is 5.91 Å². The van der Waals surface area contributed by atoms with E-state index in [2.05, 4.69) is 5.32 Å². The summed E-state index contributed by atoms with van der Waals surface area (Å²) in [4.78, 5) is 37.1. The first kappa shape index (κ1) is 18.2. The molecule has 3 amide bonds. The summed E-state index contributed by atoms with van der Waals surface area (Å²) in [6.07, 6.45) is 3.76. The predicted octanol–water partition coefficient (Wildman–Crippen LogP) is 3.17. The number of hydrogen-bond acceptors (Lipinski definition) is 4. The van der Waals surface area contributed by atoms with Gasteiger partial charge in [-0.05, 0) is 42.0 Å². The molecule has 0 bridgehead atoms. The van der Waals surface area contributed by atoms with Crippen LogP contribution in [-0.2, 0) is 9.59 Å². The highest BCUT2D eigenvalue weighted by molar-refractivity contribution is 8.18. The lowest BCUT2D eigenvalue weighted by Gasteiger charge is -2.12. The molecule has 1 aliphatic heterocycles. The Hall–Kier alpha value is -2.15. The highest BCUT2D eigenvalue weighted by Gasteiger charge is 2.34. The molecule has 0 saturated carbocycles. The van der Waals surface area contributed by atoms with Crippen LogP contribution in [0, 0.1) is 5.82 Å². The number of rotatable bonds is 7. The number of halogens is 1. The van der Waals surface area contributed by atoms with Gasteiger partial charge < -0.3 is 5.32 Å². The van der Waals surface area contributed by atoms with Crippen molar-refractivity contribution in [2.45, 2.75) is 26.2 Å². The zero-order valence-corrected chi connectivity index (χ0v) is 14.2. The largest absolute Gasteiger partial charge is 0.354 e. The van der Waals surface area contributed by atoms with Crippen LogP contribution in [0.5, 0.6) is 0 Å². The number of carbonyl (C=O) groups is 3. The lowest BCUT2D eigenvalue weighted by molar-refractivity contribution is -0.124. The lowest BCUT2D eigenvalue weighted by atomic mass is 10.2. The van der Waals surface area contributed by atoms with Crippen molar-refractivity contribution in [3.8, 4) is 0 Å². The van der Waals surface area contributed by atoms with E-state index in [-0.39, 0.29) is 30.1 Å². The summed E-state index contributed by atoms with van der Waals surface area (Å²) >= 11 is 0.846. The minimum atomic E-state index is -0.392. The van der Waals surface area contributed by atoms with Gasteiger partial charge in [-0.15, -0.1) is 0 Å². The SMILES string of the molecule is CCCCC(=O)NCCN1C(=O)S/C(=C/c2ccc(F)cc2)C1=O. The second kappa shape index (κ2) is 8.63. The zero-order valence-electron chi connectivity index (χ0n) is 13.4. The fourth-order valence-corrected chi connectivity index (χ4v) is 3.00. The van der Waals surface area contributed by atoms with Crippen molar-refractivity contribution in [3.63, 3.8) is 0 Å². The van der Waals surface area contributed by atoms with E-state index in [1.54, 1.807) is 6.08 Å². The van der Waals surface area contributed by atoms with Gasteiger partial charge in [-0.2, -0.15) is 0 Å². The summed E-state index contributed by atoms with van der Waals surface area (Å²) in [5, 5.41) is 2.34. The third-order valence-corrected chi connectivity index (χ3v) is 4.36. The summed E-state index contributed by atoms with van der Waals surface area (Å²) in [5.74, 6) is -0.832. The maximum absolute atomic E-state index is 12.9. The number of hydrogen-bond donors (Lipinski definition) is 1. The molecule has 0 unspecified atom stereocenters. The van der Waals surface area contributed by atoms with Gasteiger partial charge in [-0.3, -0.25) is 19.3 Å². The van der Waals surface area contributed by atoms with Crippen LogP contribution in [-0.4, -0.2) is 35.0 Å². The van der Waals surface area contributed by atoms with Crippen molar-refractivity contribution in [3.05, 3.63) is 40.6 Å². The Morgan fingerprint density at radius 1 is 1.29 bits per heavy atom. The third-order valence-electron chi connectivity index (χ3n) is 3.46. The summed E-state index contributed by atoms with van der Waals surface area (Å²) < 4.78 is 12.9. The molecular formula is C17H19FN2O3S. The van der Waals surface area contributed by atoms with Crippen LogP contribution in [0.3, 0.4) is 0 Å². The standard InChI is InChI=1S/C17H19FN2O3S/c1-2-3-4-15(21)19-9-10-20-16(22)14(24-17(20)23)11-12-5-7-13(18)8-6-12/h5-8,11H,2-4,9-10H2,1H3,(H,19,21)/b14-11+. The van der Waals surface area contributed by atoms with Gasteiger partial charge in [0.1, 0.15) is 5.82 Å². The molecule has 0 radical (unpaired) electrons. The van der Waals surface area contributed by atoms with E-state index >= 15 is 0 Å². The summed E-state index contributed by atoms with van der Waals surface area (Å²) in [6, 6.07) is 5.67. The van der Waals surface area contributed by atoms with Gasteiger partial charge in [0.15, 0.2) is 0 Å². The highest BCUT2D eigenvalue weighted by Crippen LogP contribution is 2.31.